The highest BCUT2D eigenvalue weighted by atomic mass is 16.2. The largest absolute Gasteiger partial charge is 0.324 e. The SMILES string of the molecule is [N-]=[N+]=NC1CN(C(=O)N2CCCN(C3CCC3)CC2)C1. The Kier molecular flexibility index (Phi) is 3.98. The molecule has 0 aromatic carbocycles. The van der Waals surface area contributed by atoms with E-state index in [2.05, 4.69) is 14.9 Å². The fourth-order valence-electron chi connectivity index (χ4n) is 3.20. The molecule has 3 fully saturated rings. The predicted octanol–water partition coefficient (Wildman–Crippen LogP) is 1.66. The minimum Gasteiger partial charge on any atom is -0.324 e. The van der Waals surface area contributed by atoms with Gasteiger partial charge in [0.05, 0.1) is 6.04 Å². The molecule has 2 aliphatic heterocycles. The molecule has 2 amide bonds. The van der Waals surface area contributed by atoms with Crippen molar-refractivity contribution in [2.45, 2.75) is 37.8 Å². The van der Waals surface area contributed by atoms with Gasteiger partial charge in [-0.2, -0.15) is 0 Å². The Bertz CT molecular complexity index is 411. The molecule has 0 atom stereocenters. The number of azide groups is 1. The number of rotatable bonds is 2. The Balaban J connectivity index is 1.48. The average molecular weight is 278 g/mol. The average Bonchev–Trinajstić information content (AvgIpc) is 2.56. The smallest absolute Gasteiger partial charge is 0.320 e. The third-order valence-electron chi connectivity index (χ3n) is 4.74. The van der Waals surface area contributed by atoms with Crippen molar-refractivity contribution >= 4 is 6.03 Å². The van der Waals surface area contributed by atoms with Crippen LogP contribution in [0.1, 0.15) is 25.7 Å². The van der Waals surface area contributed by atoms with Crippen LogP contribution in [-0.4, -0.2) is 72.1 Å². The molecule has 3 rings (SSSR count). The van der Waals surface area contributed by atoms with Crippen LogP contribution in [0.15, 0.2) is 5.11 Å². The maximum atomic E-state index is 12.3. The summed E-state index contributed by atoms with van der Waals surface area (Å²) >= 11 is 0. The van der Waals surface area contributed by atoms with Gasteiger partial charge in [-0.3, -0.25) is 4.90 Å². The first kappa shape index (κ1) is 13.5. The number of amides is 2. The van der Waals surface area contributed by atoms with Gasteiger partial charge in [-0.1, -0.05) is 11.5 Å². The molecule has 110 valence electrons. The minimum absolute atomic E-state index is 0.0256. The molecule has 0 unspecified atom stereocenters. The molecule has 0 aromatic rings. The molecule has 1 aliphatic carbocycles. The highest BCUT2D eigenvalue weighted by molar-refractivity contribution is 5.75. The molecule has 0 bridgehead atoms. The number of nitrogens with zero attached hydrogens (tertiary/aromatic N) is 6. The van der Waals surface area contributed by atoms with Gasteiger partial charge in [0.25, 0.3) is 0 Å². The third-order valence-corrected chi connectivity index (χ3v) is 4.74. The second-order valence-corrected chi connectivity index (χ2v) is 6.01. The molecule has 7 heteroatoms. The highest BCUT2D eigenvalue weighted by Gasteiger charge is 2.34. The summed E-state index contributed by atoms with van der Waals surface area (Å²) in [6.07, 6.45) is 5.08. The Labute approximate surface area is 119 Å². The lowest BCUT2D eigenvalue weighted by molar-refractivity contribution is 0.110. The van der Waals surface area contributed by atoms with Crippen LogP contribution < -0.4 is 0 Å². The van der Waals surface area contributed by atoms with Gasteiger partial charge in [-0.25, -0.2) is 4.79 Å². The number of carbonyl (C=O) groups is 1. The van der Waals surface area contributed by atoms with Gasteiger partial charge in [-0.15, -0.1) is 0 Å². The number of hydrogen-bond acceptors (Lipinski definition) is 3. The topological polar surface area (TPSA) is 75.5 Å². The Hall–Kier alpha value is -1.46. The summed E-state index contributed by atoms with van der Waals surface area (Å²) in [7, 11) is 0. The molecule has 0 N–H and O–H groups in total. The molecule has 2 heterocycles. The van der Waals surface area contributed by atoms with Crippen LogP contribution >= 0.6 is 0 Å². The van der Waals surface area contributed by atoms with Gasteiger partial charge in [0.2, 0.25) is 0 Å². The van der Waals surface area contributed by atoms with E-state index < -0.39 is 0 Å². The summed E-state index contributed by atoms with van der Waals surface area (Å²) in [5.74, 6) is 0. The zero-order valence-electron chi connectivity index (χ0n) is 11.8. The Morgan fingerprint density at radius 3 is 2.50 bits per heavy atom. The van der Waals surface area contributed by atoms with Crippen LogP contribution in [0.5, 0.6) is 0 Å². The molecule has 2 saturated heterocycles. The summed E-state index contributed by atoms with van der Waals surface area (Å²) in [6, 6.07) is 0.857. The first-order chi connectivity index (χ1) is 9.78. The minimum atomic E-state index is -0.0256. The predicted molar refractivity (Wildman–Crippen MR) is 75.3 cm³/mol. The standard InChI is InChI=1S/C13H22N6O/c14-16-15-11-9-19(10-11)13(20)18-6-2-5-17(7-8-18)12-3-1-4-12/h11-12H,1-10H2. The molecule has 3 aliphatic rings. The molecule has 20 heavy (non-hydrogen) atoms. The summed E-state index contributed by atoms with van der Waals surface area (Å²) in [5, 5.41) is 3.64. The highest BCUT2D eigenvalue weighted by Crippen LogP contribution is 2.26. The van der Waals surface area contributed by atoms with Crippen LogP contribution in [0.4, 0.5) is 4.79 Å². The summed E-state index contributed by atoms with van der Waals surface area (Å²) < 4.78 is 0. The van der Waals surface area contributed by atoms with Crippen LogP contribution in [0, 0.1) is 0 Å². The lowest BCUT2D eigenvalue weighted by Gasteiger charge is -2.40. The van der Waals surface area contributed by atoms with E-state index >= 15 is 0 Å². The summed E-state index contributed by atoms with van der Waals surface area (Å²) in [4.78, 5) is 21.4. The normalized spacial score (nSPS) is 25.4. The van der Waals surface area contributed by atoms with Crippen LogP contribution in [-0.2, 0) is 0 Å². The van der Waals surface area contributed by atoms with Gasteiger partial charge >= 0.3 is 6.03 Å². The lowest BCUT2D eigenvalue weighted by atomic mass is 9.91. The molecular formula is C13H22N6O. The van der Waals surface area contributed by atoms with Crippen LogP contribution in [0.25, 0.3) is 10.4 Å². The van der Waals surface area contributed by atoms with Crippen molar-refractivity contribution < 1.29 is 4.79 Å². The number of urea groups is 1. The zero-order chi connectivity index (χ0) is 13.9. The second-order valence-electron chi connectivity index (χ2n) is 6.01. The monoisotopic (exact) mass is 278 g/mol. The van der Waals surface area contributed by atoms with E-state index in [0.29, 0.717) is 13.1 Å². The van der Waals surface area contributed by atoms with Crippen molar-refractivity contribution in [1.29, 1.82) is 0 Å². The Morgan fingerprint density at radius 1 is 1.05 bits per heavy atom. The number of carbonyl (C=O) groups excluding carboxylic acids is 1. The molecule has 0 aromatic heterocycles. The maximum Gasteiger partial charge on any atom is 0.320 e. The number of hydrogen-bond donors (Lipinski definition) is 0. The Morgan fingerprint density at radius 2 is 1.85 bits per heavy atom. The van der Waals surface area contributed by atoms with E-state index in [1.807, 2.05) is 4.90 Å². The zero-order valence-corrected chi connectivity index (χ0v) is 11.8. The number of likely N-dealkylation sites (tertiary alicyclic amines) is 1. The molecule has 0 radical (unpaired) electrons. The van der Waals surface area contributed by atoms with E-state index in [9.17, 15) is 4.79 Å². The van der Waals surface area contributed by atoms with Gasteiger partial charge < -0.3 is 9.80 Å². The first-order valence-corrected chi connectivity index (χ1v) is 7.60. The van der Waals surface area contributed by atoms with Gasteiger partial charge in [0, 0.05) is 50.2 Å². The van der Waals surface area contributed by atoms with Crippen molar-refractivity contribution in [3.8, 4) is 0 Å². The van der Waals surface area contributed by atoms with Gasteiger partial charge in [-0.05, 0) is 24.8 Å². The van der Waals surface area contributed by atoms with Crippen molar-refractivity contribution in [2.75, 3.05) is 39.3 Å². The van der Waals surface area contributed by atoms with Gasteiger partial charge in [0.1, 0.15) is 0 Å². The van der Waals surface area contributed by atoms with Crippen molar-refractivity contribution in [3.05, 3.63) is 10.4 Å². The van der Waals surface area contributed by atoms with Crippen molar-refractivity contribution in [2.24, 2.45) is 5.11 Å². The van der Waals surface area contributed by atoms with Crippen LogP contribution in [0.2, 0.25) is 0 Å². The van der Waals surface area contributed by atoms with E-state index in [-0.39, 0.29) is 12.1 Å². The third kappa shape index (κ3) is 2.69. The fraction of sp³-hybridized carbons (Fsp3) is 0.923. The lowest BCUT2D eigenvalue weighted by Crippen LogP contribution is -2.57. The fourth-order valence-corrected chi connectivity index (χ4v) is 3.20. The van der Waals surface area contributed by atoms with E-state index in [4.69, 9.17) is 5.53 Å². The maximum absolute atomic E-state index is 12.3. The van der Waals surface area contributed by atoms with Crippen molar-refractivity contribution in [3.63, 3.8) is 0 Å². The van der Waals surface area contributed by atoms with Crippen molar-refractivity contribution in [1.82, 2.24) is 14.7 Å². The molecule has 7 nitrogen and oxygen atoms in total. The quantitative estimate of drug-likeness (QED) is 0.437. The van der Waals surface area contributed by atoms with E-state index in [1.165, 1.54) is 19.3 Å². The molecule has 0 spiro atoms. The van der Waals surface area contributed by atoms with E-state index in [0.717, 1.165) is 38.6 Å². The first-order valence-electron chi connectivity index (χ1n) is 7.60. The molecular weight excluding hydrogens is 256 g/mol. The summed E-state index contributed by atoms with van der Waals surface area (Å²) in [6.45, 7) is 4.96. The van der Waals surface area contributed by atoms with Crippen LogP contribution in [0.3, 0.4) is 0 Å². The van der Waals surface area contributed by atoms with E-state index in [1.54, 1.807) is 4.90 Å². The van der Waals surface area contributed by atoms with Gasteiger partial charge in [0.15, 0.2) is 0 Å². The molecule has 1 saturated carbocycles. The second kappa shape index (κ2) is 5.89. The summed E-state index contributed by atoms with van der Waals surface area (Å²) in [5.41, 5.74) is 8.36.